The fourth-order valence-corrected chi connectivity index (χ4v) is 2.98. The van der Waals surface area contributed by atoms with Crippen LogP contribution in [0.1, 0.15) is 42.1 Å². The highest BCUT2D eigenvalue weighted by atomic mass is 35.5. The molecule has 1 aromatic carbocycles. The Kier molecular flexibility index (Phi) is 7.69. The van der Waals surface area contributed by atoms with Crippen LogP contribution in [0.3, 0.4) is 0 Å². The van der Waals surface area contributed by atoms with Gasteiger partial charge in [0.15, 0.2) is 0 Å². The highest BCUT2D eigenvalue weighted by molar-refractivity contribution is 5.89. The van der Waals surface area contributed by atoms with Gasteiger partial charge in [0, 0.05) is 0 Å². The van der Waals surface area contributed by atoms with Gasteiger partial charge in [-0.1, -0.05) is 6.92 Å². The van der Waals surface area contributed by atoms with Crippen molar-refractivity contribution in [3.8, 4) is 5.75 Å². The number of halogens is 1. The Labute approximate surface area is 138 Å². The van der Waals surface area contributed by atoms with Crippen molar-refractivity contribution in [2.75, 3.05) is 19.7 Å². The zero-order valence-electron chi connectivity index (χ0n) is 13.3. The van der Waals surface area contributed by atoms with Crippen LogP contribution in [0.5, 0.6) is 5.75 Å². The van der Waals surface area contributed by atoms with Gasteiger partial charge >= 0.3 is 5.97 Å². The summed E-state index contributed by atoms with van der Waals surface area (Å²) in [4.78, 5) is 11.0. The van der Waals surface area contributed by atoms with Crippen LogP contribution in [0.15, 0.2) is 18.2 Å². The first-order valence-electron chi connectivity index (χ1n) is 7.75. The van der Waals surface area contributed by atoms with Crippen molar-refractivity contribution in [1.29, 1.82) is 0 Å². The summed E-state index contributed by atoms with van der Waals surface area (Å²) in [7, 11) is 0. The molecule has 0 spiro atoms. The van der Waals surface area contributed by atoms with E-state index in [1.807, 2.05) is 0 Å². The molecule has 1 saturated heterocycles. The van der Waals surface area contributed by atoms with Crippen LogP contribution < -0.4 is 10.1 Å². The summed E-state index contributed by atoms with van der Waals surface area (Å²) in [5.41, 5.74) is 1.08. The smallest absolute Gasteiger partial charge is 0.335 e. The molecule has 1 aliphatic heterocycles. The summed E-state index contributed by atoms with van der Waals surface area (Å²) in [6, 6.07) is 5.16. The summed E-state index contributed by atoms with van der Waals surface area (Å²) in [5.74, 6) is 1.34. The van der Waals surface area contributed by atoms with Crippen LogP contribution >= 0.6 is 12.4 Å². The van der Waals surface area contributed by atoms with E-state index in [4.69, 9.17) is 9.84 Å². The van der Waals surface area contributed by atoms with E-state index in [1.165, 1.54) is 12.8 Å². The third-order valence-electron chi connectivity index (χ3n) is 4.46. The number of piperidine rings is 1. The normalized spacial score (nSPS) is 16.6. The third-order valence-corrected chi connectivity index (χ3v) is 4.46. The van der Waals surface area contributed by atoms with Crippen molar-refractivity contribution >= 4 is 18.4 Å². The monoisotopic (exact) mass is 327 g/mol. The molecule has 1 atom stereocenters. The molecule has 0 saturated carbocycles. The first kappa shape index (κ1) is 18.8. The van der Waals surface area contributed by atoms with E-state index in [0.717, 1.165) is 36.7 Å². The molecule has 2 N–H and O–H groups in total. The molecule has 0 bridgehead atoms. The number of ether oxygens (including phenoxy) is 1. The number of carboxylic acids is 1. The molecule has 4 nitrogen and oxygen atoms in total. The van der Waals surface area contributed by atoms with Gasteiger partial charge in [-0.15, -0.1) is 12.4 Å². The summed E-state index contributed by atoms with van der Waals surface area (Å²) in [6.45, 7) is 7.06. The van der Waals surface area contributed by atoms with E-state index in [0.29, 0.717) is 18.1 Å². The zero-order chi connectivity index (χ0) is 15.2. The second-order valence-corrected chi connectivity index (χ2v) is 5.98. The lowest BCUT2D eigenvalue weighted by Crippen LogP contribution is -2.31. The lowest BCUT2D eigenvalue weighted by molar-refractivity contribution is 0.0696. The maximum absolute atomic E-state index is 11.0. The molecule has 5 heteroatoms. The molecule has 1 heterocycles. The van der Waals surface area contributed by atoms with Crippen LogP contribution in [0.25, 0.3) is 0 Å². The van der Waals surface area contributed by atoms with Gasteiger partial charge in [0.25, 0.3) is 0 Å². The number of hydrogen-bond donors (Lipinski definition) is 2. The Hall–Kier alpha value is -1.26. The molecule has 2 rings (SSSR count). The highest BCUT2D eigenvalue weighted by Gasteiger charge is 2.19. The minimum absolute atomic E-state index is 0. The topological polar surface area (TPSA) is 58.6 Å². The van der Waals surface area contributed by atoms with Gasteiger partial charge in [-0.3, -0.25) is 0 Å². The molecule has 22 heavy (non-hydrogen) atoms. The maximum Gasteiger partial charge on any atom is 0.335 e. The molecule has 1 fully saturated rings. The third kappa shape index (κ3) is 5.18. The Morgan fingerprint density at radius 2 is 2.09 bits per heavy atom. The van der Waals surface area contributed by atoms with Crippen molar-refractivity contribution in [3.05, 3.63) is 29.3 Å². The van der Waals surface area contributed by atoms with Gasteiger partial charge in [-0.05, 0) is 74.9 Å². The molecule has 124 valence electrons. The fourth-order valence-electron chi connectivity index (χ4n) is 2.98. The van der Waals surface area contributed by atoms with Gasteiger partial charge in [0.2, 0.25) is 0 Å². The number of benzene rings is 1. The van der Waals surface area contributed by atoms with Gasteiger partial charge in [-0.25, -0.2) is 4.79 Å². The molecule has 1 aliphatic rings. The number of rotatable bonds is 6. The molecule has 0 aromatic heterocycles. The molecule has 1 unspecified atom stereocenters. The van der Waals surface area contributed by atoms with Crippen LogP contribution in [0.4, 0.5) is 0 Å². The van der Waals surface area contributed by atoms with Crippen molar-refractivity contribution < 1.29 is 14.6 Å². The van der Waals surface area contributed by atoms with Crippen LogP contribution in [-0.2, 0) is 0 Å². The summed E-state index contributed by atoms with van der Waals surface area (Å²) < 4.78 is 5.77. The average molecular weight is 328 g/mol. The Morgan fingerprint density at radius 3 is 2.68 bits per heavy atom. The van der Waals surface area contributed by atoms with Gasteiger partial charge in [-0.2, -0.15) is 0 Å². The largest absolute Gasteiger partial charge is 0.494 e. The highest BCUT2D eigenvalue weighted by Crippen LogP contribution is 2.25. The fraction of sp³-hybridized carbons (Fsp3) is 0.588. The van der Waals surface area contributed by atoms with Crippen molar-refractivity contribution in [3.63, 3.8) is 0 Å². The molecule has 0 amide bonds. The van der Waals surface area contributed by atoms with Gasteiger partial charge in [0.1, 0.15) is 5.75 Å². The molecule has 0 radical (unpaired) electrons. The van der Waals surface area contributed by atoms with E-state index < -0.39 is 5.97 Å². The molecule has 1 aromatic rings. The minimum Gasteiger partial charge on any atom is -0.494 e. The average Bonchev–Trinajstić information content (AvgIpc) is 2.47. The standard InChI is InChI=1S/C17H25NO3.ClH/c1-12(14-5-8-18-9-6-14)7-10-21-15-3-4-16(17(19)20)13(2)11-15;/h3-4,11-12,14,18H,5-10H2,1-2H3,(H,19,20);1H. The molecular weight excluding hydrogens is 302 g/mol. The molecular formula is C17H26ClNO3. The zero-order valence-corrected chi connectivity index (χ0v) is 14.1. The lowest BCUT2D eigenvalue weighted by Gasteiger charge is -2.28. The maximum atomic E-state index is 11.0. The number of aromatic carboxylic acids is 1. The predicted octanol–water partition coefficient (Wildman–Crippen LogP) is 3.52. The summed E-state index contributed by atoms with van der Waals surface area (Å²) in [5, 5.41) is 12.4. The van der Waals surface area contributed by atoms with E-state index in [2.05, 4.69) is 12.2 Å². The minimum atomic E-state index is -0.890. The summed E-state index contributed by atoms with van der Waals surface area (Å²) >= 11 is 0. The van der Waals surface area contributed by atoms with E-state index in [-0.39, 0.29) is 12.4 Å². The second-order valence-electron chi connectivity index (χ2n) is 5.98. The summed E-state index contributed by atoms with van der Waals surface area (Å²) in [6.07, 6.45) is 3.56. The second kappa shape index (κ2) is 9.01. The number of nitrogens with one attached hydrogen (secondary N) is 1. The van der Waals surface area contributed by atoms with Crippen molar-refractivity contribution in [2.45, 2.75) is 33.1 Å². The first-order chi connectivity index (χ1) is 10.1. The molecule has 0 aliphatic carbocycles. The SMILES string of the molecule is Cc1cc(OCCC(C)C2CCNCC2)ccc1C(=O)O.Cl. The number of hydrogen-bond acceptors (Lipinski definition) is 3. The van der Waals surface area contributed by atoms with Gasteiger partial charge < -0.3 is 15.2 Å². The first-order valence-corrected chi connectivity index (χ1v) is 7.75. The van der Waals surface area contributed by atoms with Gasteiger partial charge in [0.05, 0.1) is 12.2 Å². The van der Waals surface area contributed by atoms with E-state index in [9.17, 15) is 4.79 Å². The quantitative estimate of drug-likeness (QED) is 0.839. The van der Waals surface area contributed by atoms with Crippen LogP contribution in [0, 0.1) is 18.8 Å². The number of aryl methyl sites for hydroxylation is 1. The van der Waals surface area contributed by atoms with E-state index in [1.54, 1.807) is 25.1 Å². The lowest BCUT2D eigenvalue weighted by atomic mass is 9.84. The Morgan fingerprint density at radius 1 is 1.41 bits per heavy atom. The predicted molar refractivity (Wildman–Crippen MR) is 90.3 cm³/mol. The number of carboxylic acid groups (broad SMARTS) is 1. The Bertz CT molecular complexity index is 487. The van der Waals surface area contributed by atoms with Crippen molar-refractivity contribution in [2.24, 2.45) is 11.8 Å². The number of carbonyl (C=O) groups is 1. The van der Waals surface area contributed by atoms with E-state index >= 15 is 0 Å². The van der Waals surface area contributed by atoms with Crippen LogP contribution in [0.2, 0.25) is 0 Å². The van der Waals surface area contributed by atoms with Crippen LogP contribution in [-0.4, -0.2) is 30.8 Å². The Balaban J connectivity index is 0.00000242. The van der Waals surface area contributed by atoms with Crippen molar-refractivity contribution in [1.82, 2.24) is 5.32 Å².